The zero-order valence-corrected chi connectivity index (χ0v) is 11.8. The van der Waals surface area contributed by atoms with Gasteiger partial charge in [-0.2, -0.15) is 5.26 Å². The van der Waals surface area contributed by atoms with Crippen molar-refractivity contribution in [3.8, 4) is 6.07 Å². The Labute approximate surface area is 123 Å². The van der Waals surface area contributed by atoms with Gasteiger partial charge in [-0.1, -0.05) is 19.3 Å². The van der Waals surface area contributed by atoms with Crippen LogP contribution in [-0.4, -0.2) is 18.5 Å². The summed E-state index contributed by atoms with van der Waals surface area (Å²) in [7, 11) is 0. The van der Waals surface area contributed by atoms with E-state index in [4.69, 9.17) is 5.26 Å². The highest BCUT2D eigenvalue weighted by atomic mass is 16.2. The highest BCUT2D eigenvalue weighted by Crippen LogP contribution is 2.40. The van der Waals surface area contributed by atoms with E-state index in [0.29, 0.717) is 17.8 Å². The van der Waals surface area contributed by atoms with Crippen LogP contribution in [0.3, 0.4) is 0 Å². The molecule has 1 spiro atoms. The number of carbonyl (C=O) groups is 2. The maximum atomic E-state index is 12.9. The second-order valence-corrected chi connectivity index (χ2v) is 5.80. The number of nitrogens with zero attached hydrogens (tertiary/aromatic N) is 2. The second-order valence-electron chi connectivity index (χ2n) is 5.80. The van der Waals surface area contributed by atoms with Gasteiger partial charge in [0.2, 0.25) is 5.91 Å². The average Bonchev–Trinajstić information content (AvgIpc) is 2.53. The topological polar surface area (TPSA) is 73.2 Å². The molecule has 2 fully saturated rings. The fourth-order valence-corrected chi connectivity index (χ4v) is 3.27. The summed E-state index contributed by atoms with van der Waals surface area (Å²) in [6.07, 6.45) is 4.88. The van der Waals surface area contributed by atoms with Crippen LogP contribution in [-0.2, 0) is 4.79 Å². The Morgan fingerprint density at radius 1 is 1.10 bits per heavy atom. The molecule has 1 saturated carbocycles. The molecule has 5 nitrogen and oxygen atoms in total. The average molecular weight is 283 g/mol. The number of rotatable bonds is 1. The van der Waals surface area contributed by atoms with Crippen LogP contribution >= 0.6 is 0 Å². The largest absolute Gasteiger partial charge is 0.336 e. The Hall–Kier alpha value is -2.35. The van der Waals surface area contributed by atoms with Crippen LogP contribution in [0.2, 0.25) is 0 Å². The number of nitrogens with one attached hydrogen (secondary N) is 1. The molecular formula is C16H17N3O2. The third-order valence-corrected chi connectivity index (χ3v) is 4.50. The fourth-order valence-electron chi connectivity index (χ4n) is 3.27. The number of carbonyl (C=O) groups excluding carboxylic acids is 2. The Balaban J connectivity index is 1.93. The first-order valence-corrected chi connectivity index (χ1v) is 7.29. The van der Waals surface area contributed by atoms with Crippen LogP contribution < -0.4 is 10.2 Å². The number of nitriles is 1. The molecule has 0 atom stereocenters. The van der Waals surface area contributed by atoms with Crippen LogP contribution in [0.5, 0.6) is 0 Å². The summed E-state index contributed by atoms with van der Waals surface area (Å²) >= 11 is 0. The molecule has 5 heteroatoms. The van der Waals surface area contributed by atoms with Gasteiger partial charge in [0.15, 0.2) is 0 Å². The first-order chi connectivity index (χ1) is 10.2. The highest BCUT2D eigenvalue weighted by Gasteiger charge is 2.47. The number of benzene rings is 1. The van der Waals surface area contributed by atoms with E-state index >= 15 is 0 Å². The van der Waals surface area contributed by atoms with Gasteiger partial charge in [-0.25, -0.2) is 9.69 Å². The normalized spacial score (nSPS) is 21.0. The van der Waals surface area contributed by atoms with Gasteiger partial charge in [-0.05, 0) is 37.1 Å². The molecule has 21 heavy (non-hydrogen) atoms. The number of imide groups is 1. The van der Waals surface area contributed by atoms with E-state index in [-0.39, 0.29) is 11.9 Å². The van der Waals surface area contributed by atoms with Crippen LogP contribution in [0.15, 0.2) is 24.3 Å². The van der Waals surface area contributed by atoms with Crippen LogP contribution in [0.25, 0.3) is 0 Å². The third-order valence-electron chi connectivity index (χ3n) is 4.50. The molecular weight excluding hydrogens is 266 g/mol. The van der Waals surface area contributed by atoms with Gasteiger partial charge in [0, 0.05) is 6.54 Å². The Kier molecular flexibility index (Phi) is 3.38. The summed E-state index contributed by atoms with van der Waals surface area (Å²) in [4.78, 5) is 26.2. The predicted octanol–water partition coefficient (Wildman–Crippen LogP) is 2.56. The summed E-state index contributed by atoms with van der Waals surface area (Å²) < 4.78 is 0. The van der Waals surface area contributed by atoms with Crippen molar-refractivity contribution >= 4 is 17.6 Å². The standard InChI is InChI=1S/C16H17N3O2/c17-10-12-4-6-13(7-5-12)19-14(20)16(11-18-15(19)21)8-2-1-3-9-16/h4-7H,1-3,8-9,11H2,(H,18,21). The van der Waals surface area contributed by atoms with E-state index < -0.39 is 5.41 Å². The number of amides is 3. The van der Waals surface area contributed by atoms with Gasteiger partial charge < -0.3 is 5.32 Å². The molecule has 2 aliphatic rings. The summed E-state index contributed by atoms with van der Waals surface area (Å²) in [5, 5.41) is 11.7. The van der Waals surface area contributed by atoms with E-state index in [1.807, 2.05) is 6.07 Å². The minimum absolute atomic E-state index is 0.101. The van der Waals surface area contributed by atoms with E-state index in [0.717, 1.165) is 32.1 Å². The lowest BCUT2D eigenvalue weighted by molar-refractivity contribution is -0.130. The summed E-state index contributed by atoms with van der Waals surface area (Å²) in [6.45, 7) is 0.442. The van der Waals surface area contributed by atoms with Crippen LogP contribution in [0, 0.1) is 16.7 Å². The molecule has 1 aliphatic heterocycles. The van der Waals surface area contributed by atoms with Crippen LogP contribution in [0.4, 0.5) is 10.5 Å². The Morgan fingerprint density at radius 3 is 2.38 bits per heavy atom. The molecule has 108 valence electrons. The quantitative estimate of drug-likeness (QED) is 0.860. The van der Waals surface area contributed by atoms with Gasteiger partial charge in [0.1, 0.15) is 0 Å². The predicted molar refractivity (Wildman–Crippen MR) is 77.6 cm³/mol. The van der Waals surface area contributed by atoms with Crippen LogP contribution in [0.1, 0.15) is 37.7 Å². The van der Waals surface area contributed by atoms with Crippen molar-refractivity contribution in [2.45, 2.75) is 32.1 Å². The maximum absolute atomic E-state index is 12.9. The fraction of sp³-hybridized carbons (Fsp3) is 0.438. The molecule has 1 saturated heterocycles. The van der Waals surface area contributed by atoms with Gasteiger partial charge in [0.05, 0.1) is 22.7 Å². The summed E-state index contributed by atoms with van der Waals surface area (Å²) in [5.74, 6) is -0.101. The van der Waals surface area contributed by atoms with Gasteiger partial charge >= 0.3 is 6.03 Å². The van der Waals surface area contributed by atoms with E-state index in [2.05, 4.69) is 5.32 Å². The smallest absolute Gasteiger partial charge is 0.328 e. The number of hydrogen-bond acceptors (Lipinski definition) is 3. The van der Waals surface area contributed by atoms with Gasteiger partial charge in [0.25, 0.3) is 0 Å². The molecule has 1 N–H and O–H groups in total. The monoisotopic (exact) mass is 283 g/mol. The van der Waals surface area contributed by atoms with Crippen molar-refractivity contribution in [1.29, 1.82) is 5.26 Å². The Bertz CT molecular complexity index is 609. The van der Waals surface area contributed by atoms with Crippen molar-refractivity contribution in [2.24, 2.45) is 5.41 Å². The lowest BCUT2D eigenvalue weighted by atomic mass is 9.72. The zero-order chi connectivity index (χ0) is 14.9. The van der Waals surface area contributed by atoms with Gasteiger partial charge in [-0.15, -0.1) is 0 Å². The molecule has 0 unspecified atom stereocenters. The van der Waals surface area contributed by atoms with E-state index in [1.54, 1.807) is 24.3 Å². The maximum Gasteiger partial charge on any atom is 0.328 e. The molecule has 1 aromatic carbocycles. The van der Waals surface area contributed by atoms with Gasteiger partial charge in [-0.3, -0.25) is 4.79 Å². The molecule has 0 radical (unpaired) electrons. The minimum Gasteiger partial charge on any atom is -0.336 e. The molecule has 0 aromatic heterocycles. The zero-order valence-electron chi connectivity index (χ0n) is 11.8. The summed E-state index contributed by atoms with van der Waals surface area (Å²) in [5.41, 5.74) is 0.595. The molecule has 0 bridgehead atoms. The van der Waals surface area contributed by atoms with Crippen molar-refractivity contribution in [3.05, 3.63) is 29.8 Å². The molecule has 1 aliphatic carbocycles. The molecule has 1 aromatic rings. The van der Waals surface area contributed by atoms with Crippen molar-refractivity contribution < 1.29 is 9.59 Å². The number of anilines is 1. The van der Waals surface area contributed by atoms with Crippen molar-refractivity contribution in [2.75, 3.05) is 11.4 Å². The third kappa shape index (κ3) is 2.27. The SMILES string of the molecule is N#Cc1ccc(N2C(=O)NCC3(CCCCC3)C2=O)cc1. The molecule has 3 amide bonds. The van der Waals surface area contributed by atoms with Crippen molar-refractivity contribution in [3.63, 3.8) is 0 Å². The number of urea groups is 1. The van der Waals surface area contributed by atoms with E-state index in [1.165, 1.54) is 4.90 Å². The highest BCUT2D eigenvalue weighted by molar-refractivity contribution is 6.18. The first-order valence-electron chi connectivity index (χ1n) is 7.29. The minimum atomic E-state index is -0.444. The lowest BCUT2D eigenvalue weighted by Gasteiger charge is -2.43. The molecule has 3 rings (SSSR count). The second kappa shape index (κ2) is 5.21. The first kappa shape index (κ1) is 13.6. The van der Waals surface area contributed by atoms with Crippen molar-refractivity contribution in [1.82, 2.24) is 5.32 Å². The van der Waals surface area contributed by atoms with E-state index in [9.17, 15) is 9.59 Å². The summed E-state index contributed by atoms with van der Waals surface area (Å²) in [6, 6.07) is 8.21. The number of hydrogen-bond donors (Lipinski definition) is 1. The molecule has 1 heterocycles. The lowest BCUT2D eigenvalue weighted by Crippen LogP contribution is -2.61. The Morgan fingerprint density at radius 2 is 1.76 bits per heavy atom.